The van der Waals surface area contributed by atoms with Crippen LogP contribution in [0.4, 0.5) is 27.5 Å². The van der Waals surface area contributed by atoms with Crippen LogP contribution in [0.25, 0.3) is 5.57 Å². The lowest BCUT2D eigenvalue weighted by molar-refractivity contribution is -0.115. The van der Waals surface area contributed by atoms with Gasteiger partial charge >= 0.3 is 0 Å². The number of halogens is 1. The largest absolute Gasteiger partial charge is 0.489 e. The molecule has 10 nitrogen and oxygen atoms in total. The van der Waals surface area contributed by atoms with Crippen molar-refractivity contribution in [3.05, 3.63) is 35.3 Å². The number of piperazine rings is 1. The number of benzene rings is 1. The van der Waals surface area contributed by atoms with Gasteiger partial charge in [-0.05, 0) is 71.3 Å². The number of ether oxygens (including phenoxy) is 1. The number of allylic oxidation sites excluding steroid dienone is 2. The minimum absolute atomic E-state index is 0.0955. The second kappa shape index (κ2) is 12.6. The fourth-order valence-electron chi connectivity index (χ4n) is 7.03. The van der Waals surface area contributed by atoms with Crippen molar-refractivity contribution in [2.75, 3.05) is 61.9 Å². The van der Waals surface area contributed by atoms with Crippen molar-refractivity contribution < 1.29 is 18.7 Å². The summed E-state index contributed by atoms with van der Waals surface area (Å²) in [5.74, 6) is 0.698. The van der Waals surface area contributed by atoms with E-state index in [2.05, 4.69) is 37.4 Å². The zero-order chi connectivity index (χ0) is 30.1. The molecule has 11 heteroatoms. The van der Waals surface area contributed by atoms with E-state index in [-0.39, 0.29) is 35.2 Å². The highest BCUT2D eigenvalue weighted by molar-refractivity contribution is 6.17. The van der Waals surface area contributed by atoms with E-state index in [1.54, 1.807) is 13.1 Å². The quantitative estimate of drug-likeness (QED) is 0.200. The van der Waals surface area contributed by atoms with Crippen LogP contribution in [0, 0.1) is 5.82 Å². The van der Waals surface area contributed by atoms with Crippen molar-refractivity contribution in [2.45, 2.75) is 70.5 Å². The van der Waals surface area contributed by atoms with Crippen molar-refractivity contribution in [3.8, 4) is 5.75 Å². The average Bonchev–Trinajstić information content (AvgIpc) is 3.50. The maximum Gasteiger partial charge on any atom is 0.229 e. The van der Waals surface area contributed by atoms with E-state index >= 15 is 4.39 Å². The number of Topliss-reactive ketones (excluding diaryl/α,β-unsaturated/α-hetero) is 1. The van der Waals surface area contributed by atoms with Crippen LogP contribution in [0.15, 0.2) is 23.9 Å². The number of rotatable bonds is 8. The highest BCUT2D eigenvalue weighted by atomic mass is 19.1. The SMILES string of the molecule is CC(=O)/C(C=O)=C(\C)c1cnc(Nc2cc(F)c3c(c2)OC[C@@H]2CN(C4CCN(C)CC4)CCN32)nc1NC1CCCC1. The maximum atomic E-state index is 15.7. The number of likely N-dealkylation sites (tertiary alicyclic amines) is 1. The zero-order valence-corrected chi connectivity index (χ0v) is 25.4. The van der Waals surface area contributed by atoms with Crippen LogP contribution in [0.5, 0.6) is 5.75 Å². The van der Waals surface area contributed by atoms with Gasteiger partial charge in [0, 0.05) is 55.2 Å². The Morgan fingerprint density at radius 2 is 1.84 bits per heavy atom. The van der Waals surface area contributed by atoms with E-state index in [1.165, 1.54) is 25.8 Å². The Labute approximate surface area is 252 Å². The third-order valence-corrected chi connectivity index (χ3v) is 9.51. The molecule has 43 heavy (non-hydrogen) atoms. The van der Waals surface area contributed by atoms with Gasteiger partial charge in [0.25, 0.3) is 0 Å². The molecule has 3 fully saturated rings. The first-order valence-corrected chi connectivity index (χ1v) is 15.5. The van der Waals surface area contributed by atoms with Crippen LogP contribution in [0.1, 0.15) is 57.9 Å². The summed E-state index contributed by atoms with van der Waals surface area (Å²) in [5.41, 5.74) is 2.23. The predicted molar refractivity (Wildman–Crippen MR) is 166 cm³/mol. The first-order chi connectivity index (χ1) is 20.8. The van der Waals surface area contributed by atoms with E-state index in [0.717, 1.165) is 58.4 Å². The van der Waals surface area contributed by atoms with Gasteiger partial charge < -0.3 is 25.2 Å². The number of anilines is 4. The Morgan fingerprint density at radius 3 is 2.56 bits per heavy atom. The molecule has 1 atom stereocenters. The third kappa shape index (κ3) is 6.24. The van der Waals surface area contributed by atoms with Crippen molar-refractivity contribution in [2.24, 2.45) is 0 Å². The minimum atomic E-state index is -0.339. The molecule has 1 aliphatic carbocycles. The third-order valence-electron chi connectivity index (χ3n) is 9.51. The van der Waals surface area contributed by atoms with E-state index in [1.807, 2.05) is 6.07 Å². The standard InChI is InChI=1S/C32H42FN7O3/c1-20(27(18-41)21(2)42)26-16-34-32(37-31(26)35-22-6-4-5-7-22)36-23-14-28(33)30-29(15-23)43-19-25-17-39(12-13-40(25)30)24-8-10-38(3)11-9-24/h14-16,18,22,24-25H,4-13,17,19H2,1-3H3,(H2,34,35,36,37)/b27-20+/t25-/m0/s1. The molecule has 0 spiro atoms. The first kappa shape index (κ1) is 29.5. The molecule has 6 rings (SSSR count). The number of ketones is 1. The molecular weight excluding hydrogens is 549 g/mol. The molecule has 3 aliphatic heterocycles. The topological polar surface area (TPSA) is 103 Å². The lowest BCUT2D eigenvalue weighted by atomic mass is 10.00. The second-order valence-corrected chi connectivity index (χ2v) is 12.4. The molecule has 0 radical (unpaired) electrons. The summed E-state index contributed by atoms with van der Waals surface area (Å²) in [5, 5.41) is 6.64. The lowest BCUT2D eigenvalue weighted by Crippen LogP contribution is -2.60. The summed E-state index contributed by atoms with van der Waals surface area (Å²) in [7, 11) is 2.18. The summed E-state index contributed by atoms with van der Waals surface area (Å²) >= 11 is 0. The monoisotopic (exact) mass is 591 g/mol. The summed E-state index contributed by atoms with van der Waals surface area (Å²) in [6, 6.07) is 4.23. The molecule has 4 heterocycles. The molecule has 2 N–H and O–H groups in total. The Bertz CT molecular complexity index is 1400. The number of carbonyl (C=O) groups is 2. The molecule has 0 unspecified atom stereocenters. The fourth-order valence-corrected chi connectivity index (χ4v) is 7.03. The van der Waals surface area contributed by atoms with Crippen molar-refractivity contribution in [3.63, 3.8) is 0 Å². The smallest absolute Gasteiger partial charge is 0.229 e. The average molecular weight is 592 g/mol. The van der Waals surface area contributed by atoms with Crippen LogP contribution in [-0.2, 0) is 9.59 Å². The number of aldehydes is 1. The van der Waals surface area contributed by atoms with Gasteiger partial charge in [-0.25, -0.2) is 9.37 Å². The zero-order valence-electron chi connectivity index (χ0n) is 25.4. The molecule has 0 amide bonds. The van der Waals surface area contributed by atoms with Gasteiger partial charge in [-0.1, -0.05) is 12.8 Å². The van der Waals surface area contributed by atoms with Crippen LogP contribution in [0.3, 0.4) is 0 Å². The van der Waals surface area contributed by atoms with Crippen molar-refractivity contribution >= 4 is 40.8 Å². The number of nitrogens with one attached hydrogen (secondary N) is 2. The van der Waals surface area contributed by atoms with Crippen LogP contribution in [-0.4, -0.2) is 96.3 Å². The number of carbonyl (C=O) groups excluding carboxylic acids is 2. The van der Waals surface area contributed by atoms with Gasteiger partial charge in [-0.3, -0.25) is 14.5 Å². The van der Waals surface area contributed by atoms with Gasteiger partial charge in [0.2, 0.25) is 5.95 Å². The van der Waals surface area contributed by atoms with E-state index in [4.69, 9.17) is 9.72 Å². The molecule has 230 valence electrons. The second-order valence-electron chi connectivity index (χ2n) is 12.4. The minimum Gasteiger partial charge on any atom is -0.489 e. The van der Waals surface area contributed by atoms with Gasteiger partial charge in [-0.2, -0.15) is 4.98 Å². The van der Waals surface area contributed by atoms with Crippen LogP contribution < -0.4 is 20.3 Å². The molecule has 1 saturated carbocycles. The molecule has 2 aromatic rings. The summed E-state index contributed by atoms with van der Waals surface area (Å²) in [6.45, 7) is 8.44. The molecule has 4 aliphatic rings. The fraction of sp³-hybridized carbons (Fsp3) is 0.562. The van der Waals surface area contributed by atoms with Gasteiger partial charge in [0.05, 0.1) is 11.6 Å². The Hall–Kier alpha value is -3.57. The van der Waals surface area contributed by atoms with E-state index in [9.17, 15) is 9.59 Å². The molecular formula is C32H42FN7O3. The number of nitrogens with zero attached hydrogens (tertiary/aromatic N) is 5. The number of hydrogen-bond donors (Lipinski definition) is 2. The van der Waals surface area contributed by atoms with E-state index < -0.39 is 0 Å². The van der Waals surface area contributed by atoms with Crippen molar-refractivity contribution in [1.82, 2.24) is 19.8 Å². The molecule has 0 bridgehead atoms. The highest BCUT2D eigenvalue weighted by Gasteiger charge is 2.37. The Kier molecular flexibility index (Phi) is 8.63. The summed E-state index contributed by atoms with van der Waals surface area (Å²) in [4.78, 5) is 40.0. The number of fused-ring (bicyclic) bond motifs is 3. The van der Waals surface area contributed by atoms with Gasteiger partial charge in [-0.15, -0.1) is 0 Å². The van der Waals surface area contributed by atoms with Crippen molar-refractivity contribution in [1.29, 1.82) is 0 Å². The first-order valence-electron chi connectivity index (χ1n) is 15.5. The maximum absolute atomic E-state index is 15.7. The lowest BCUT2D eigenvalue weighted by Gasteiger charge is -2.48. The Morgan fingerprint density at radius 1 is 1.07 bits per heavy atom. The summed E-state index contributed by atoms with van der Waals surface area (Å²) in [6.07, 6.45) is 8.84. The van der Waals surface area contributed by atoms with Gasteiger partial charge in [0.1, 0.15) is 23.9 Å². The number of hydrogen-bond acceptors (Lipinski definition) is 10. The van der Waals surface area contributed by atoms with E-state index in [0.29, 0.717) is 53.0 Å². The Balaban J connectivity index is 1.21. The number of piperidine rings is 1. The molecule has 1 aromatic heterocycles. The summed E-state index contributed by atoms with van der Waals surface area (Å²) < 4.78 is 21.9. The molecule has 1 aromatic carbocycles. The van der Waals surface area contributed by atoms with Crippen LogP contribution in [0.2, 0.25) is 0 Å². The highest BCUT2D eigenvalue weighted by Crippen LogP contribution is 2.41. The predicted octanol–water partition coefficient (Wildman–Crippen LogP) is 4.25. The number of aromatic nitrogens is 2. The normalized spacial score (nSPS) is 22.3. The van der Waals surface area contributed by atoms with Crippen LogP contribution >= 0.6 is 0 Å². The molecule has 2 saturated heterocycles. The van der Waals surface area contributed by atoms with Gasteiger partial charge in [0.15, 0.2) is 17.9 Å².